The van der Waals surface area contributed by atoms with Crippen LogP contribution in [0.25, 0.3) is 10.8 Å². The Balaban J connectivity index is 2.26. The zero-order valence-corrected chi connectivity index (χ0v) is 13.8. The zero-order valence-electron chi connectivity index (χ0n) is 13.0. The molecule has 0 fully saturated rings. The van der Waals surface area contributed by atoms with E-state index in [0.717, 1.165) is 22.6 Å². The van der Waals surface area contributed by atoms with Gasteiger partial charge in [-0.15, -0.1) is 9.46 Å². The van der Waals surface area contributed by atoms with Crippen LogP contribution in [0.3, 0.4) is 0 Å². The molecule has 124 valence electrons. The molecule has 7 nitrogen and oxygen atoms in total. The molecule has 8 heteroatoms. The van der Waals surface area contributed by atoms with Crippen molar-refractivity contribution in [1.29, 1.82) is 0 Å². The summed E-state index contributed by atoms with van der Waals surface area (Å²) in [5, 5.41) is 4.13. The molecule has 0 bridgehead atoms. The van der Waals surface area contributed by atoms with Gasteiger partial charge in [0.05, 0.1) is 6.26 Å². The molecule has 23 heavy (non-hydrogen) atoms. The fraction of sp³-hybridized carbons (Fsp3) is 0.267. The van der Waals surface area contributed by atoms with E-state index in [1.54, 1.807) is 6.92 Å². The maximum atomic E-state index is 11.5. The largest absolute Gasteiger partial charge is 0.355 e. The van der Waals surface area contributed by atoms with Crippen molar-refractivity contribution in [3.63, 3.8) is 0 Å². The normalized spacial score (nSPS) is 11.8. The minimum Gasteiger partial charge on any atom is -0.348 e. The summed E-state index contributed by atoms with van der Waals surface area (Å²) in [4.78, 5) is 11.5. The number of primary amides is 1. The van der Waals surface area contributed by atoms with E-state index in [9.17, 15) is 13.2 Å². The third-order valence-corrected chi connectivity index (χ3v) is 3.61. The number of hydrogen-bond donors (Lipinski definition) is 1. The van der Waals surface area contributed by atoms with Gasteiger partial charge < -0.3 is 5.73 Å². The monoisotopic (exact) mass is 337 g/mol. The van der Waals surface area contributed by atoms with Gasteiger partial charge in [-0.25, -0.2) is 4.79 Å². The van der Waals surface area contributed by atoms with Crippen LogP contribution in [0.4, 0.5) is 4.79 Å². The predicted molar refractivity (Wildman–Crippen MR) is 87.4 cm³/mol. The first-order chi connectivity index (χ1) is 10.8. The van der Waals surface area contributed by atoms with Crippen molar-refractivity contribution in [2.45, 2.75) is 13.5 Å². The van der Waals surface area contributed by atoms with E-state index >= 15 is 0 Å². The second kappa shape index (κ2) is 6.95. The van der Waals surface area contributed by atoms with Crippen molar-refractivity contribution in [2.24, 2.45) is 5.73 Å². The highest BCUT2D eigenvalue weighted by Crippen LogP contribution is 2.18. The van der Waals surface area contributed by atoms with E-state index in [2.05, 4.69) is 4.28 Å². The molecule has 0 aliphatic carbocycles. The van der Waals surface area contributed by atoms with Crippen molar-refractivity contribution in [3.8, 4) is 0 Å². The molecule has 0 radical (unpaired) electrons. The van der Waals surface area contributed by atoms with E-state index in [4.69, 9.17) is 5.73 Å². The number of urea groups is 1. The SMILES string of the molecule is CCN(Cc1ccc2ccccc2c1)N(OS(C)(=O)=O)C(N)=O. The molecule has 2 aromatic carbocycles. The van der Waals surface area contributed by atoms with Crippen LogP contribution < -0.4 is 5.73 Å². The lowest BCUT2D eigenvalue weighted by Gasteiger charge is -2.29. The Morgan fingerprint density at radius 2 is 1.83 bits per heavy atom. The molecule has 0 aromatic heterocycles. The third kappa shape index (κ3) is 4.65. The summed E-state index contributed by atoms with van der Waals surface area (Å²) in [6, 6.07) is 12.7. The van der Waals surface area contributed by atoms with Gasteiger partial charge in [0.25, 0.3) is 10.1 Å². The maximum absolute atomic E-state index is 11.5. The van der Waals surface area contributed by atoms with E-state index in [-0.39, 0.29) is 6.54 Å². The van der Waals surface area contributed by atoms with Crippen LogP contribution in [-0.2, 0) is 20.9 Å². The predicted octanol–water partition coefficient (Wildman–Crippen LogP) is 1.85. The Bertz CT molecular complexity index is 807. The van der Waals surface area contributed by atoms with Gasteiger partial charge in [0.2, 0.25) is 0 Å². The van der Waals surface area contributed by atoms with E-state index < -0.39 is 16.1 Å². The van der Waals surface area contributed by atoms with Crippen LogP contribution in [0.1, 0.15) is 12.5 Å². The van der Waals surface area contributed by atoms with Crippen molar-refractivity contribution in [1.82, 2.24) is 10.2 Å². The number of hydrogen-bond acceptors (Lipinski definition) is 5. The first-order valence-corrected chi connectivity index (χ1v) is 8.83. The van der Waals surface area contributed by atoms with Crippen molar-refractivity contribution in [2.75, 3.05) is 12.8 Å². The van der Waals surface area contributed by atoms with Gasteiger partial charge in [-0.2, -0.15) is 13.4 Å². The van der Waals surface area contributed by atoms with Crippen LogP contribution in [0.15, 0.2) is 42.5 Å². The minimum atomic E-state index is -3.87. The molecule has 0 aliphatic rings. The van der Waals surface area contributed by atoms with Crippen molar-refractivity contribution in [3.05, 3.63) is 48.0 Å². The number of nitrogens with two attached hydrogens (primary N) is 1. The smallest absolute Gasteiger partial charge is 0.348 e. The molecule has 0 aliphatic heterocycles. The summed E-state index contributed by atoms with van der Waals surface area (Å²) in [6.07, 6.45) is 0.854. The minimum absolute atomic E-state index is 0.278. The summed E-state index contributed by atoms with van der Waals surface area (Å²) >= 11 is 0. The van der Waals surface area contributed by atoms with E-state index in [1.165, 1.54) is 5.01 Å². The Labute approximate surface area is 135 Å². The molecule has 0 saturated heterocycles. The average molecular weight is 337 g/mol. The second-order valence-corrected chi connectivity index (χ2v) is 6.61. The van der Waals surface area contributed by atoms with Crippen molar-refractivity contribution < 1.29 is 17.5 Å². The quantitative estimate of drug-likeness (QED) is 0.812. The first kappa shape index (κ1) is 17.2. The number of carbonyl (C=O) groups excluding carboxylic acids is 1. The zero-order chi connectivity index (χ0) is 17.0. The van der Waals surface area contributed by atoms with Gasteiger partial charge in [0.1, 0.15) is 0 Å². The lowest BCUT2D eigenvalue weighted by molar-refractivity contribution is -0.170. The van der Waals surface area contributed by atoms with E-state index in [0.29, 0.717) is 11.7 Å². The number of carbonyl (C=O) groups is 1. The maximum Gasteiger partial charge on any atom is 0.355 e. The molecule has 0 heterocycles. The van der Waals surface area contributed by atoms with Gasteiger partial charge in [-0.3, -0.25) is 0 Å². The highest BCUT2D eigenvalue weighted by Gasteiger charge is 2.23. The summed E-state index contributed by atoms with van der Waals surface area (Å²) in [6.45, 7) is 2.38. The summed E-state index contributed by atoms with van der Waals surface area (Å²) in [7, 11) is -3.87. The lowest BCUT2D eigenvalue weighted by atomic mass is 10.1. The number of amides is 2. The number of hydrazine groups is 1. The van der Waals surface area contributed by atoms with Crippen LogP contribution in [0.5, 0.6) is 0 Å². The van der Waals surface area contributed by atoms with Gasteiger partial charge in [-0.1, -0.05) is 43.3 Å². The molecule has 0 spiro atoms. The van der Waals surface area contributed by atoms with Crippen LogP contribution >= 0.6 is 0 Å². The fourth-order valence-corrected chi connectivity index (χ4v) is 2.63. The number of benzene rings is 2. The topological polar surface area (TPSA) is 92.9 Å². The molecule has 0 unspecified atom stereocenters. The van der Waals surface area contributed by atoms with Gasteiger partial charge in [0.15, 0.2) is 0 Å². The number of hydroxylamine groups is 1. The van der Waals surface area contributed by atoms with E-state index in [1.807, 2.05) is 42.5 Å². The Kier molecular flexibility index (Phi) is 5.19. The summed E-state index contributed by atoms with van der Waals surface area (Å²) in [5.41, 5.74) is 6.12. The van der Waals surface area contributed by atoms with Crippen LogP contribution in [0, 0.1) is 0 Å². The molecule has 2 amide bonds. The standard InChI is InChI=1S/C15H19N3O4S/c1-3-17(18(15(16)19)22-23(2,20)21)11-12-8-9-13-6-4-5-7-14(13)10-12/h4-10H,3,11H2,1-2H3,(H2,16,19). The Hall–Kier alpha value is -2.16. The lowest BCUT2D eigenvalue weighted by Crippen LogP contribution is -2.49. The molecule has 0 saturated carbocycles. The van der Waals surface area contributed by atoms with Crippen LogP contribution in [0.2, 0.25) is 0 Å². The highest BCUT2D eigenvalue weighted by molar-refractivity contribution is 7.85. The number of fused-ring (bicyclic) bond motifs is 1. The molecule has 0 atom stereocenters. The Morgan fingerprint density at radius 3 is 2.39 bits per heavy atom. The fourth-order valence-electron chi connectivity index (χ4n) is 2.20. The van der Waals surface area contributed by atoms with Crippen molar-refractivity contribution >= 4 is 26.9 Å². The van der Waals surface area contributed by atoms with Gasteiger partial charge in [-0.05, 0) is 22.4 Å². The Morgan fingerprint density at radius 1 is 1.17 bits per heavy atom. The first-order valence-electron chi connectivity index (χ1n) is 7.02. The number of rotatable bonds is 6. The summed E-state index contributed by atoms with van der Waals surface area (Å²) in [5.74, 6) is 0. The van der Waals surface area contributed by atoms with Gasteiger partial charge >= 0.3 is 6.03 Å². The number of nitrogens with zero attached hydrogens (tertiary/aromatic N) is 2. The highest BCUT2D eigenvalue weighted by atomic mass is 32.2. The van der Waals surface area contributed by atoms with Crippen LogP contribution in [-0.4, -0.2) is 37.4 Å². The third-order valence-electron chi connectivity index (χ3n) is 3.20. The molecular weight excluding hydrogens is 318 g/mol. The molecule has 2 N–H and O–H groups in total. The van der Waals surface area contributed by atoms with Gasteiger partial charge in [0, 0.05) is 13.1 Å². The molecule has 2 aromatic rings. The second-order valence-electron chi connectivity index (χ2n) is 5.05. The molecule has 2 rings (SSSR count). The summed E-state index contributed by atoms with van der Waals surface area (Å²) < 4.78 is 27.3. The average Bonchev–Trinajstić information content (AvgIpc) is 2.49. The molecular formula is C15H19N3O4S.